The summed E-state index contributed by atoms with van der Waals surface area (Å²) < 4.78 is 0. The van der Waals surface area contributed by atoms with Gasteiger partial charge >= 0.3 is 11.9 Å². The molecule has 654 valence electrons. The molecule has 4 heterocycles. The number of aromatic amines is 3. The Labute approximate surface area is 697 Å². The molecular formula is C77H108N20O21S2. The average Bonchev–Trinajstić information content (AvgIpc) is 1.66. The van der Waals surface area contributed by atoms with Gasteiger partial charge in [-0.25, -0.2) is 4.98 Å². The lowest BCUT2D eigenvalue weighted by Crippen LogP contribution is -2.61. The minimum atomic E-state index is -1.94. The number of nitrogens with zero attached hydrogens (tertiary/aromatic N) is 1. The standard InChI is InChI=1S/C77H108N20O21S2/c1-37(2)24-51-68(109)84-33-61(102)87-50(18-19-62(103)104)69(110)91-52(25-38(3)4)74(115)96-64(39(5)6)77(118)93-54(27-44-31-83-49-17-13-11-15-47(44)49)71(112)95-58(76(117)97-65(41(8)98)66(78)107)35-120-119-34-57(94-73(114)56(29-63(105)106)88-60(101)21-23-81-59(100)20-22-80-42(9)99)75(116)86-40(7)67(108)89-53(26-43-30-82-48-16-12-10-14-46(43)48)70(111)92-55(72(113)90-51)28-45-32-79-36-85-45/h10-17,30-32,36-41,50-58,64-65,82-83,98H,18-29,33-35H2,1-9H3,(H2,78,107)(H,79,85)(H,80,99)(H,81,100)(H,84,109)(H,86,116)(H,87,102)(H,88,101)(H,89,108)(H,90,113)(H,91,110)(H,92,111)(H,93,118)(H,94,114)(H,95,112)(H,96,115)(H,97,117)(H,103,104)(H,105,106)/t40-,41?,50-,51-,52-,53-,54-,55-,56-,57-,58-,64-,65-/m0/s1. The predicted molar refractivity (Wildman–Crippen MR) is 438 cm³/mol. The SMILES string of the molecule is CC(=O)NCCC(=O)NCCC(=O)N[C@@H](CC(=O)O)C(=O)N[C@H]1CSSC[C@@H](C(=O)N[C@H](C(N)=O)C(C)O)NC(=O)[C@H](Cc2c[nH]c3ccccc23)NC(=O)[C@H](C(C)C)NC(=O)[C@H](CC(C)C)NC(=O)[C@H](CCC(=O)O)NC(=O)CNC(=O)[C@H](CC(C)C)NC(=O)[C@H](Cc2cnc[nH]2)NC(=O)[C@H](Cc2c[nH]c3ccccc23)NC(=O)[C@H](C)NC1=O. The lowest BCUT2D eigenvalue weighted by molar-refractivity contribution is -0.141. The zero-order chi connectivity index (χ0) is 88.6. The summed E-state index contributed by atoms with van der Waals surface area (Å²) in [6, 6.07) is -6.27. The number of nitrogens with two attached hydrogens (primary N) is 1. The number of imidazole rings is 1. The third-order valence-corrected chi connectivity index (χ3v) is 21.2. The Kier molecular flexibility index (Phi) is 38.2. The Morgan fingerprint density at radius 2 is 1.07 bits per heavy atom. The van der Waals surface area contributed by atoms with Crippen LogP contribution in [0.5, 0.6) is 0 Å². The quantitative estimate of drug-likeness (QED) is 0.0209. The molecule has 23 N–H and O–H groups in total. The highest BCUT2D eigenvalue weighted by Crippen LogP contribution is 2.26. The monoisotopic (exact) mass is 1710 g/mol. The van der Waals surface area contributed by atoms with E-state index in [4.69, 9.17) is 5.73 Å². The molecule has 13 atom stereocenters. The van der Waals surface area contributed by atoms with Gasteiger partial charge in [0, 0.05) is 116 Å². The van der Waals surface area contributed by atoms with Crippen LogP contribution in [0.4, 0.5) is 0 Å². The summed E-state index contributed by atoms with van der Waals surface area (Å²) >= 11 is 0. The van der Waals surface area contributed by atoms with Crippen LogP contribution in [0.25, 0.3) is 21.8 Å². The van der Waals surface area contributed by atoms with Crippen molar-refractivity contribution in [1.29, 1.82) is 0 Å². The number of nitrogens with one attached hydrogen (secondary N) is 18. The molecule has 0 bridgehead atoms. The van der Waals surface area contributed by atoms with Crippen LogP contribution in [0, 0.1) is 17.8 Å². The molecule has 0 spiro atoms. The molecule has 41 nitrogen and oxygen atoms in total. The summed E-state index contributed by atoms with van der Waals surface area (Å²) in [6.45, 7) is 12.3. The van der Waals surface area contributed by atoms with Crippen molar-refractivity contribution in [2.45, 2.75) is 205 Å². The van der Waals surface area contributed by atoms with E-state index in [1.807, 2.05) is 0 Å². The molecule has 2 aromatic carbocycles. The highest BCUT2D eigenvalue weighted by Gasteiger charge is 2.39. The summed E-state index contributed by atoms with van der Waals surface area (Å²) in [6.07, 6.45) is 0.000702. The Hall–Kier alpha value is -12.2. The van der Waals surface area contributed by atoms with Crippen molar-refractivity contribution in [2.24, 2.45) is 23.5 Å². The first-order chi connectivity index (χ1) is 56.8. The summed E-state index contributed by atoms with van der Waals surface area (Å²) in [5, 5.41) is 69.4. The Morgan fingerprint density at radius 1 is 0.550 bits per heavy atom. The molecule has 1 unspecified atom stereocenters. The van der Waals surface area contributed by atoms with Crippen LogP contribution in [-0.4, -0.2) is 251 Å². The summed E-state index contributed by atoms with van der Waals surface area (Å²) in [4.78, 5) is 264. The van der Waals surface area contributed by atoms with Gasteiger partial charge in [-0.05, 0) is 74.1 Å². The summed E-state index contributed by atoms with van der Waals surface area (Å²) in [7, 11) is 1.46. The second-order valence-electron chi connectivity index (χ2n) is 30.1. The number of carbonyl (C=O) groups excluding carboxylic acids is 16. The molecule has 16 amide bonds. The Balaban J connectivity index is 1.46. The zero-order valence-corrected chi connectivity index (χ0v) is 69.4. The van der Waals surface area contributed by atoms with Gasteiger partial charge < -0.3 is 116 Å². The number of amides is 16. The second-order valence-corrected chi connectivity index (χ2v) is 32.6. The first kappa shape index (κ1) is 96.7. The molecule has 1 fully saturated rings. The van der Waals surface area contributed by atoms with E-state index in [1.165, 1.54) is 26.4 Å². The van der Waals surface area contributed by atoms with Gasteiger partial charge in [0.2, 0.25) is 94.5 Å². The Morgan fingerprint density at radius 3 is 1.61 bits per heavy atom. The van der Waals surface area contributed by atoms with E-state index in [9.17, 15) is 92.0 Å². The number of primary amides is 1. The molecule has 5 aromatic rings. The number of fused-ring (bicyclic) bond motifs is 2. The smallest absolute Gasteiger partial charge is 0.305 e. The van der Waals surface area contributed by atoms with Gasteiger partial charge in [0.05, 0.1) is 25.4 Å². The lowest BCUT2D eigenvalue weighted by atomic mass is 9.98. The fourth-order valence-corrected chi connectivity index (χ4v) is 14.9. The molecule has 1 saturated heterocycles. The lowest BCUT2D eigenvalue weighted by Gasteiger charge is -2.29. The third kappa shape index (κ3) is 31.6. The molecule has 3 aromatic heterocycles. The number of rotatable bonds is 29. The van der Waals surface area contributed by atoms with E-state index in [1.54, 1.807) is 102 Å². The van der Waals surface area contributed by atoms with Gasteiger partial charge in [-0.2, -0.15) is 0 Å². The van der Waals surface area contributed by atoms with Gasteiger partial charge in [-0.1, -0.05) is 99.5 Å². The fourth-order valence-electron chi connectivity index (χ4n) is 12.5. The number of hydrogen-bond donors (Lipinski definition) is 22. The molecule has 120 heavy (non-hydrogen) atoms. The van der Waals surface area contributed by atoms with E-state index in [-0.39, 0.29) is 63.5 Å². The zero-order valence-electron chi connectivity index (χ0n) is 67.8. The average molecular weight is 1710 g/mol. The van der Waals surface area contributed by atoms with E-state index >= 15 is 9.59 Å². The minimum Gasteiger partial charge on any atom is -0.481 e. The maximum Gasteiger partial charge on any atom is 0.305 e. The van der Waals surface area contributed by atoms with Gasteiger partial charge in [0.1, 0.15) is 72.5 Å². The number of hydrogen-bond acceptors (Lipinski definition) is 22. The number of aromatic nitrogens is 4. The summed E-state index contributed by atoms with van der Waals surface area (Å²) in [5.41, 5.74) is 8.03. The molecule has 0 saturated carbocycles. The minimum absolute atomic E-state index is 0.0295. The van der Waals surface area contributed by atoms with Crippen LogP contribution in [0.3, 0.4) is 0 Å². The molecule has 1 aliphatic rings. The molecule has 1 aliphatic heterocycles. The molecule has 0 aliphatic carbocycles. The van der Waals surface area contributed by atoms with E-state index in [0.29, 0.717) is 38.6 Å². The number of H-pyrrole nitrogens is 3. The van der Waals surface area contributed by atoms with Crippen molar-refractivity contribution in [3.63, 3.8) is 0 Å². The molecule has 6 rings (SSSR count). The van der Waals surface area contributed by atoms with Crippen molar-refractivity contribution >= 4 is 150 Å². The molecular weight excluding hydrogens is 1610 g/mol. The van der Waals surface area contributed by atoms with Crippen LogP contribution in [0.2, 0.25) is 0 Å². The van der Waals surface area contributed by atoms with Crippen LogP contribution in [0.1, 0.15) is 124 Å². The normalized spacial score (nSPS) is 21.8. The number of aliphatic hydroxyl groups excluding tert-OH is 1. The maximum atomic E-state index is 15.2. The number of carboxylic acids is 2. The summed E-state index contributed by atoms with van der Waals surface area (Å²) in [5.74, 6) is -21.4. The van der Waals surface area contributed by atoms with Crippen molar-refractivity contribution < 1.29 is 102 Å². The number of aliphatic carboxylic acids is 2. The Bertz CT molecular complexity index is 4480. The first-order valence-electron chi connectivity index (χ1n) is 38.9. The van der Waals surface area contributed by atoms with Gasteiger partial charge in [-0.3, -0.25) is 86.3 Å². The van der Waals surface area contributed by atoms with E-state index in [2.05, 4.69) is 99.7 Å². The van der Waals surface area contributed by atoms with Gasteiger partial charge in [0.15, 0.2) is 0 Å². The van der Waals surface area contributed by atoms with Crippen molar-refractivity contribution in [2.75, 3.05) is 31.1 Å². The maximum absolute atomic E-state index is 15.2. The third-order valence-electron chi connectivity index (χ3n) is 18.8. The number of aliphatic hydroxyl groups is 1. The predicted octanol–water partition coefficient (Wildman–Crippen LogP) is -3.26. The van der Waals surface area contributed by atoms with Gasteiger partial charge in [-0.15, -0.1) is 0 Å². The topological polar surface area (TPSA) is 635 Å². The number of benzene rings is 2. The van der Waals surface area contributed by atoms with Crippen LogP contribution >= 0.6 is 21.6 Å². The van der Waals surface area contributed by atoms with Crippen LogP contribution in [-0.2, 0) is 106 Å². The van der Waals surface area contributed by atoms with E-state index in [0.717, 1.165) is 28.5 Å². The number of para-hydroxylation sites is 2. The van der Waals surface area contributed by atoms with Crippen LogP contribution < -0.4 is 85.5 Å². The van der Waals surface area contributed by atoms with Crippen LogP contribution in [0.15, 0.2) is 73.4 Å². The highest BCUT2D eigenvalue weighted by atomic mass is 33.1. The highest BCUT2D eigenvalue weighted by molar-refractivity contribution is 8.76. The van der Waals surface area contributed by atoms with Crippen molar-refractivity contribution in [3.8, 4) is 0 Å². The molecule has 0 radical (unpaired) electrons. The largest absolute Gasteiger partial charge is 0.481 e. The number of carboxylic acid groups (broad SMARTS) is 2. The fraction of sp³-hybridized carbons (Fsp3) is 0.519. The van der Waals surface area contributed by atoms with Crippen molar-refractivity contribution in [3.05, 3.63) is 90.3 Å². The second kappa shape index (κ2) is 47.4. The van der Waals surface area contributed by atoms with Crippen molar-refractivity contribution in [1.82, 2.24) is 99.7 Å². The van der Waals surface area contributed by atoms with Gasteiger partial charge in [0.25, 0.3) is 0 Å². The van der Waals surface area contributed by atoms with E-state index < -0.39 is 235 Å². The first-order valence-corrected chi connectivity index (χ1v) is 41.4. The number of carbonyl (C=O) groups is 18. The molecule has 43 heteroatoms.